The van der Waals surface area contributed by atoms with Crippen molar-refractivity contribution in [3.8, 4) is 0 Å². The van der Waals surface area contributed by atoms with Gasteiger partial charge in [0.15, 0.2) is 0 Å². The number of nitro benzene ring substituents is 1. The van der Waals surface area contributed by atoms with Crippen molar-refractivity contribution >= 4 is 34.8 Å². The number of hydrogen-bond acceptors (Lipinski definition) is 6. The summed E-state index contributed by atoms with van der Waals surface area (Å²) < 4.78 is 44.9. The normalized spacial score (nSPS) is 13.9. The lowest BCUT2D eigenvalue weighted by molar-refractivity contribution is -0.384. The third kappa shape index (κ3) is 5.10. The van der Waals surface area contributed by atoms with Crippen LogP contribution >= 0.6 is 0 Å². The molecule has 9 nitrogen and oxygen atoms in total. The molecule has 0 N–H and O–H groups in total. The van der Waals surface area contributed by atoms with Crippen LogP contribution in [0.4, 0.5) is 30.2 Å². The number of nitro groups is 1. The van der Waals surface area contributed by atoms with Crippen LogP contribution in [-0.4, -0.2) is 42.4 Å². The fourth-order valence-electron chi connectivity index (χ4n) is 3.34. The van der Waals surface area contributed by atoms with E-state index in [0.29, 0.717) is 6.07 Å². The highest BCUT2D eigenvalue weighted by atomic mass is 19.4. The van der Waals surface area contributed by atoms with Crippen LogP contribution in [0.1, 0.15) is 29.3 Å². The Morgan fingerprint density at radius 3 is 2.36 bits per heavy atom. The average Bonchev–Trinajstić information content (AvgIpc) is 2.89. The molecule has 1 aliphatic heterocycles. The van der Waals surface area contributed by atoms with E-state index in [2.05, 4.69) is 0 Å². The van der Waals surface area contributed by atoms with Crippen molar-refractivity contribution in [2.75, 3.05) is 29.5 Å². The molecule has 0 radical (unpaired) electrons. The summed E-state index contributed by atoms with van der Waals surface area (Å²) in [4.78, 5) is 50.1. The van der Waals surface area contributed by atoms with Crippen LogP contribution in [0.2, 0.25) is 0 Å². The number of rotatable bonds is 5. The number of non-ortho nitro benzene ring substituents is 1. The number of esters is 1. The highest BCUT2D eigenvalue weighted by molar-refractivity contribution is 6.12. The molecule has 0 fully saturated rings. The van der Waals surface area contributed by atoms with Gasteiger partial charge in [-0.25, -0.2) is 0 Å². The Morgan fingerprint density at radius 2 is 1.79 bits per heavy atom. The number of alkyl halides is 3. The van der Waals surface area contributed by atoms with Gasteiger partial charge in [0.25, 0.3) is 11.6 Å². The van der Waals surface area contributed by atoms with Gasteiger partial charge in [-0.05, 0) is 37.3 Å². The van der Waals surface area contributed by atoms with E-state index in [1.807, 2.05) is 0 Å². The molecule has 2 aromatic rings. The summed E-state index contributed by atoms with van der Waals surface area (Å²) in [7, 11) is 0. The number of fused-ring (bicyclic) bond motifs is 1. The topological polar surface area (TPSA) is 110 Å². The third-order valence-electron chi connectivity index (χ3n) is 4.90. The molecule has 0 saturated heterocycles. The first-order valence-electron chi connectivity index (χ1n) is 9.76. The minimum absolute atomic E-state index is 0.0125. The minimum atomic E-state index is -4.73. The Labute approximate surface area is 185 Å². The van der Waals surface area contributed by atoms with Crippen LogP contribution in [0.5, 0.6) is 0 Å². The molecule has 0 bridgehead atoms. The van der Waals surface area contributed by atoms with E-state index in [1.165, 1.54) is 12.1 Å². The first kappa shape index (κ1) is 23.7. The Kier molecular flexibility index (Phi) is 6.65. The molecule has 0 saturated carbocycles. The Bertz CT molecular complexity index is 1100. The molecular formula is C21H18F3N3O6. The fraction of sp³-hybridized carbons (Fsp3) is 0.286. The van der Waals surface area contributed by atoms with Gasteiger partial charge in [0, 0.05) is 30.7 Å². The molecule has 0 spiro atoms. The van der Waals surface area contributed by atoms with Gasteiger partial charge in [-0.15, -0.1) is 0 Å². The molecule has 0 unspecified atom stereocenters. The maximum Gasteiger partial charge on any atom is 0.416 e. The van der Waals surface area contributed by atoms with Crippen LogP contribution < -0.4 is 9.80 Å². The van der Waals surface area contributed by atoms with Gasteiger partial charge in [0.05, 0.1) is 28.5 Å². The number of carbonyl (C=O) groups is 3. The van der Waals surface area contributed by atoms with Gasteiger partial charge >= 0.3 is 12.1 Å². The summed E-state index contributed by atoms with van der Waals surface area (Å²) in [5.41, 5.74) is -1.55. The zero-order chi connectivity index (χ0) is 24.3. The van der Waals surface area contributed by atoms with Crippen molar-refractivity contribution in [1.82, 2.24) is 0 Å². The zero-order valence-corrected chi connectivity index (χ0v) is 17.3. The number of amides is 2. The molecule has 1 heterocycles. The second kappa shape index (κ2) is 9.27. The molecule has 1 aliphatic rings. The van der Waals surface area contributed by atoms with E-state index in [0.717, 1.165) is 34.1 Å². The SMILES string of the molecule is CCOC(=O)CN1C(=O)CCN(C(=O)c2ccc([N+](=O)[O-])cc2)c2ccc(C(F)(F)F)cc21. The fourth-order valence-corrected chi connectivity index (χ4v) is 3.34. The lowest BCUT2D eigenvalue weighted by Crippen LogP contribution is -2.36. The summed E-state index contributed by atoms with van der Waals surface area (Å²) >= 11 is 0. The van der Waals surface area contributed by atoms with Crippen LogP contribution in [0.25, 0.3) is 0 Å². The monoisotopic (exact) mass is 465 g/mol. The van der Waals surface area contributed by atoms with E-state index in [-0.39, 0.29) is 42.2 Å². The van der Waals surface area contributed by atoms with E-state index in [1.54, 1.807) is 6.92 Å². The van der Waals surface area contributed by atoms with E-state index in [4.69, 9.17) is 4.74 Å². The first-order chi connectivity index (χ1) is 15.5. The lowest BCUT2D eigenvalue weighted by Gasteiger charge is -2.26. The number of benzene rings is 2. The third-order valence-corrected chi connectivity index (χ3v) is 4.90. The molecule has 33 heavy (non-hydrogen) atoms. The van der Waals surface area contributed by atoms with Gasteiger partial charge < -0.3 is 9.64 Å². The standard InChI is InChI=1S/C21H18F3N3O6/c1-2-33-19(29)12-26-17-11-14(21(22,23)24)5-8-16(17)25(10-9-18(26)28)20(30)13-3-6-15(7-4-13)27(31)32/h3-8,11H,2,9-10,12H2,1H3. The maximum absolute atomic E-state index is 13.4. The molecule has 3 rings (SSSR count). The number of halogens is 3. The number of carbonyl (C=O) groups excluding carboxylic acids is 3. The first-order valence-corrected chi connectivity index (χ1v) is 9.76. The largest absolute Gasteiger partial charge is 0.465 e. The minimum Gasteiger partial charge on any atom is -0.465 e. The quantitative estimate of drug-likeness (QED) is 0.379. The molecule has 0 aromatic heterocycles. The number of nitrogens with zero attached hydrogens (tertiary/aromatic N) is 3. The Balaban J connectivity index is 2.08. The van der Waals surface area contributed by atoms with Crippen LogP contribution in [0.15, 0.2) is 42.5 Å². The summed E-state index contributed by atoms with van der Waals surface area (Å²) in [6, 6.07) is 7.20. The van der Waals surface area contributed by atoms with E-state index in [9.17, 15) is 37.7 Å². The number of ether oxygens (including phenoxy) is 1. The van der Waals surface area contributed by atoms with Crippen molar-refractivity contribution in [3.63, 3.8) is 0 Å². The zero-order valence-electron chi connectivity index (χ0n) is 17.3. The van der Waals surface area contributed by atoms with Crippen molar-refractivity contribution < 1.29 is 37.2 Å². The smallest absolute Gasteiger partial charge is 0.416 e. The second-order valence-electron chi connectivity index (χ2n) is 7.00. The summed E-state index contributed by atoms with van der Waals surface area (Å²) in [6.07, 6.45) is -5.00. The van der Waals surface area contributed by atoms with Gasteiger partial charge in [0.2, 0.25) is 5.91 Å². The highest BCUT2D eigenvalue weighted by Gasteiger charge is 2.36. The predicted octanol–water partition coefficient (Wildman–Crippen LogP) is 3.56. The second-order valence-corrected chi connectivity index (χ2v) is 7.00. The van der Waals surface area contributed by atoms with E-state index < -0.39 is 41.0 Å². The molecule has 174 valence electrons. The van der Waals surface area contributed by atoms with Crippen LogP contribution in [0, 0.1) is 10.1 Å². The van der Waals surface area contributed by atoms with Crippen molar-refractivity contribution in [1.29, 1.82) is 0 Å². The van der Waals surface area contributed by atoms with E-state index >= 15 is 0 Å². The lowest BCUT2D eigenvalue weighted by atomic mass is 10.1. The van der Waals surface area contributed by atoms with Gasteiger partial charge in [-0.2, -0.15) is 13.2 Å². The summed E-state index contributed by atoms with van der Waals surface area (Å²) in [5.74, 6) is -2.15. The maximum atomic E-state index is 13.4. The number of anilines is 2. The molecule has 12 heteroatoms. The predicted molar refractivity (Wildman–Crippen MR) is 110 cm³/mol. The van der Waals surface area contributed by atoms with Crippen molar-refractivity contribution in [2.24, 2.45) is 0 Å². The average molecular weight is 465 g/mol. The van der Waals surface area contributed by atoms with Crippen molar-refractivity contribution in [2.45, 2.75) is 19.5 Å². The van der Waals surface area contributed by atoms with Gasteiger partial charge in [-0.3, -0.25) is 29.4 Å². The molecule has 0 aliphatic carbocycles. The van der Waals surface area contributed by atoms with Crippen LogP contribution in [-0.2, 0) is 20.5 Å². The molecular weight excluding hydrogens is 447 g/mol. The molecule has 2 aromatic carbocycles. The van der Waals surface area contributed by atoms with Crippen molar-refractivity contribution in [3.05, 3.63) is 63.7 Å². The van der Waals surface area contributed by atoms with Gasteiger partial charge in [-0.1, -0.05) is 0 Å². The number of hydrogen-bond donors (Lipinski definition) is 0. The Hall–Kier alpha value is -3.96. The van der Waals surface area contributed by atoms with Crippen LogP contribution in [0.3, 0.4) is 0 Å². The summed E-state index contributed by atoms with van der Waals surface area (Å²) in [5, 5.41) is 10.9. The van der Waals surface area contributed by atoms with Gasteiger partial charge in [0.1, 0.15) is 6.54 Å². The molecule has 2 amide bonds. The Morgan fingerprint density at radius 1 is 1.12 bits per heavy atom. The summed E-state index contributed by atoms with van der Waals surface area (Å²) in [6.45, 7) is 0.760. The molecule has 0 atom stereocenters. The highest BCUT2D eigenvalue weighted by Crippen LogP contribution is 2.39.